The predicted octanol–water partition coefficient (Wildman–Crippen LogP) is 14.6. The maximum atomic E-state index is 13.2. The minimum absolute atomic E-state index is 0.469. The number of benzene rings is 2. The lowest BCUT2D eigenvalue weighted by Gasteiger charge is -2.01. The monoisotopic (exact) mass is 1060 g/mol. The van der Waals surface area contributed by atoms with Crippen molar-refractivity contribution in [3.63, 3.8) is 0 Å². The Bertz CT molecular complexity index is 4560. The van der Waals surface area contributed by atoms with Crippen molar-refractivity contribution in [1.82, 2.24) is 69.8 Å². The minimum atomic E-state index is -0.497. The van der Waals surface area contributed by atoms with Crippen LogP contribution in [0.5, 0.6) is 0 Å². The van der Waals surface area contributed by atoms with Gasteiger partial charge in [0.1, 0.15) is 21.3 Å². The van der Waals surface area contributed by atoms with E-state index in [2.05, 4.69) is 69.8 Å². The molecule has 14 aromatic heterocycles. The van der Waals surface area contributed by atoms with Gasteiger partial charge in [0.15, 0.2) is 0 Å². The first-order valence-electron chi connectivity index (χ1n) is 23.9. The summed E-state index contributed by atoms with van der Waals surface area (Å²) in [5, 5.41) is 8.04. The zero-order valence-corrected chi connectivity index (χ0v) is 41.8. The van der Waals surface area contributed by atoms with Crippen molar-refractivity contribution in [2.24, 2.45) is 0 Å². The fraction of sp³-hybridized carbons (Fsp3) is 0. The second kappa shape index (κ2) is 20.2. The first kappa shape index (κ1) is 47.5. The molecule has 0 unspecified atom stereocenters. The first-order valence-corrected chi connectivity index (χ1v) is 25.5. The summed E-state index contributed by atoms with van der Waals surface area (Å²) >= 11 is 3.04. The third kappa shape index (κ3) is 9.37. The van der Waals surface area contributed by atoms with Crippen LogP contribution in [0.25, 0.3) is 130 Å². The lowest BCUT2D eigenvalue weighted by Crippen LogP contribution is -1.83. The van der Waals surface area contributed by atoms with E-state index in [1.807, 2.05) is 85.5 Å². The number of thiazole rings is 2. The molecule has 0 atom stereocenters. The van der Waals surface area contributed by atoms with Gasteiger partial charge in [-0.2, -0.15) is 17.6 Å². The van der Waals surface area contributed by atoms with Gasteiger partial charge in [-0.25, -0.2) is 29.9 Å². The number of pyridine rings is 8. The van der Waals surface area contributed by atoms with Gasteiger partial charge in [-0.05, 0) is 82.9 Å². The van der Waals surface area contributed by atoms with Gasteiger partial charge in [-0.1, -0.05) is 24.3 Å². The van der Waals surface area contributed by atoms with Crippen molar-refractivity contribution in [3.05, 3.63) is 207 Å². The number of aromatic amines is 4. The molecule has 16 rings (SSSR count). The van der Waals surface area contributed by atoms with Crippen molar-refractivity contribution in [2.75, 3.05) is 0 Å². The fourth-order valence-electron chi connectivity index (χ4n) is 9.13. The van der Waals surface area contributed by atoms with Gasteiger partial charge in [0, 0.05) is 164 Å². The van der Waals surface area contributed by atoms with E-state index >= 15 is 0 Å². The second-order valence-electron chi connectivity index (χ2n) is 17.6. The van der Waals surface area contributed by atoms with E-state index < -0.39 is 23.8 Å². The molecule has 0 spiro atoms. The van der Waals surface area contributed by atoms with Gasteiger partial charge in [0.2, 0.25) is 23.8 Å². The average molecular weight is 1070 g/mol. The van der Waals surface area contributed by atoms with E-state index in [-0.39, 0.29) is 0 Å². The van der Waals surface area contributed by atoms with Crippen LogP contribution >= 0.6 is 22.7 Å². The van der Waals surface area contributed by atoms with Crippen LogP contribution in [0.1, 0.15) is 0 Å². The molecule has 16 aromatic rings. The van der Waals surface area contributed by atoms with Gasteiger partial charge in [0.25, 0.3) is 0 Å². The number of hydrogen-bond acceptors (Lipinski definition) is 12. The Morgan fingerprint density at radius 1 is 0.295 bits per heavy atom. The van der Waals surface area contributed by atoms with Crippen LogP contribution in [-0.4, -0.2) is 69.8 Å². The van der Waals surface area contributed by atoms with E-state index in [1.165, 1.54) is 71.7 Å². The molecule has 0 saturated carbocycles. The molecule has 78 heavy (non-hydrogen) atoms. The number of H-pyrrole nitrogens is 4. The third-order valence-corrected chi connectivity index (χ3v) is 15.0. The Labute approximate surface area is 444 Å². The molecule has 2 aromatic carbocycles. The largest absolute Gasteiger partial charge is 0.354 e. The molecule has 0 aliphatic carbocycles. The van der Waals surface area contributed by atoms with Crippen LogP contribution in [0.15, 0.2) is 184 Å². The lowest BCUT2D eigenvalue weighted by molar-refractivity contribution is 0.584. The predicted molar refractivity (Wildman–Crippen MR) is 298 cm³/mol. The van der Waals surface area contributed by atoms with E-state index in [1.54, 1.807) is 49.1 Å². The molecular formula is C58H34F4N14S2. The molecule has 4 N–H and O–H groups in total. The number of nitrogens with zero attached hydrogens (tertiary/aromatic N) is 10. The molecule has 0 amide bonds. The van der Waals surface area contributed by atoms with Crippen LogP contribution in [0.4, 0.5) is 17.6 Å². The van der Waals surface area contributed by atoms with Crippen LogP contribution in [0, 0.1) is 23.8 Å². The van der Waals surface area contributed by atoms with Gasteiger partial charge in [0.05, 0.1) is 20.4 Å². The van der Waals surface area contributed by atoms with Crippen LogP contribution < -0.4 is 0 Å². The summed E-state index contributed by atoms with van der Waals surface area (Å²) in [4.78, 5) is 53.0. The maximum absolute atomic E-state index is 13.2. The highest BCUT2D eigenvalue weighted by atomic mass is 32.1. The van der Waals surface area contributed by atoms with Crippen molar-refractivity contribution < 1.29 is 17.6 Å². The molecule has 0 bridgehead atoms. The zero-order valence-electron chi connectivity index (χ0n) is 40.1. The molecule has 0 radical (unpaired) electrons. The van der Waals surface area contributed by atoms with Gasteiger partial charge in [-0.3, -0.25) is 19.9 Å². The number of rotatable bonds is 4. The Balaban J connectivity index is 0.0000000989. The molecule has 0 aliphatic heterocycles. The smallest absolute Gasteiger partial charge is 0.213 e. The van der Waals surface area contributed by atoms with E-state index in [0.29, 0.717) is 0 Å². The summed E-state index contributed by atoms with van der Waals surface area (Å²) in [6.07, 6.45) is 20.2. The number of aromatic nitrogens is 14. The molecule has 0 aliphatic rings. The first-order chi connectivity index (χ1) is 38.2. The lowest BCUT2D eigenvalue weighted by atomic mass is 10.0. The van der Waals surface area contributed by atoms with E-state index in [9.17, 15) is 17.6 Å². The third-order valence-electron chi connectivity index (χ3n) is 12.8. The standard InChI is InChI=1S/2C16H10FN3.2C13H7FN4S/c2*17-16-8-11(3-6-19-16)10-1-2-12-13-9-18-5-4-14(13)20-15(12)7-10;2*14-10-5-7(1-4-16-10)13-18-12-11(19-13)8-6-15-3-2-9(8)17-12/h2*1-9,20H;2*1-6,17H/i17-1;;14-1;. The van der Waals surface area contributed by atoms with Gasteiger partial charge >= 0.3 is 0 Å². The summed E-state index contributed by atoms with van der Waals surface area (Å²) in [6, 6.07) is 32.5. The summed E-state index contributed by atoms with van der Waals surface area (Å²) in [5.74, 6) is -1.93. The highest BCUT2D eigenvalue weighted by Crippen LogP contribution is 2.37. The molecule has 0 saturated heterocycles. The van der Waals surface area contributed by atoms with Crippen LogP contribution in [0.3, 0.4) is 0 Å². The quantitative estimate of drug-likeness (QED) is 0.0974. The Morgan fingerprint density at radius 2 is 0.628 bits per heavy atom. The zero-order chi connectivity index (χ0) is 52.7. The molecule has 14 heterocycles. The van der Waals surface area contributed by atoms with Crippen molar-refractivity contribution >= 4 is 109 Å². The van der Waals surface area contributed by atoms with Crippen LogP contribution in [0.2, 0.25) is 0 Å². The van der Waals surface area contributed by atoms with Crippen molar-refractivity contribution in [1.29, 1.82) is 0 Å². The van der Waals surface area contributed by atoms with Crippen molar-refractivity contribution in [3.8, 4) is 43.4 Å². The number of halogens is 4. The summed E-state index contributed by atoms with van der Waals surface area (Å²) in [5.41, 5.74) is 12.8. The van der Waals surface area contributed by atoms with E-state index in [0.717, 1.165) is 130 Å². The minimum Gasteiger partial charge on any atom is -0.354 e. The number of fused-ring (bicyclic) bond motifs is 12. The highest BCUT2D eigenvalue weighted by molar-refractivity contribution is 7.23. The number of nitrogens with one attached hydrogen (secondary N) is 4. The maximum Gasteiger partial charge on any atom is 0.213 e. The Hall–Kier alpha value is -10.2. The topological polar surface area (TPSA) is 192 Å². The Kier molecular flexibility index (Phi) is 12.3. The molecular weight excluding hydrogens is 1030 g/mol. The van der Waals surface area contributed by atoms with Gasteiger partial charge < -0.3 is 19.9 Å². The summed E-state index contributed by atoms with van der Waals surface area (Å²) in [6.45, 7) is 0. The normalized spacial score (nSPS) is 11.3. The van der Waals surface area contributed by atoms with Gasteiger partial charge in [-0.15, -0.1) is 22.7 Å². The summed E-state index contributed by atoms with van der Waals surface area (Å²) < 4.78 is 54.8. The Morgan fingerprint density at radius 3 is 1.01 bits per heavy atom. The number of hydrogen-bond donors (Lipinski definition) is 4. The molecule has 14 nitrogen and oxygen atoms in total. The second-order valence-corrected chi connectivity index (χ2v) is 19.6. The fourth-order valence-corrected chi connectivity index (χ4v) is 11.2. The highest BCUT2D eigenvalue weighted by Gasteiger charge is 2.15. The van der Waals surface area contributed by atoms with E-state index in [4.69, 9.17) is 0 Å². The molecule has 376 valence electrons. The SMILES string of the molecule is Fc1cc(-c2ccc3c(c2)[nH]c2ccncc23)ccn1.Fc1cc(-c2nc3[nH]c4ccncc4c3s2)ccn1.[18F]c1cc(-c2ccc3c(c2)[nH]c2ccncc23)ccn1.[18F]c1cc(-c2nc3[nH]c4ccncc4c3s2)ccn1. The molecule has 0 fully saturated rings. The van der Waals surface area contributed by atoms with Crippen LogP contribution in [-0.2, 0) is 0 Å². The summed E-state index contributed by atoms with van der Waals surface area (Å²) in [7, 11) is 0. The molecule has 20 heteroatoms. The van der Waals surface area contributed by atoms with Crippen molar-refractivity contribution in [2.45, 2.75) is 0 Å². The average Bonchev–Trinajstić information content (AvgIpc) is 4.37.